The zero-order valence-corrected chi connectivity index (χ0v) is 13.5. The number of rotatable bonds is 4. The summed E-state index contributed by atoms with van der Waals surface area (Å²) in [5.41, 5.74) is 12.8. The lowest BCUT2D eigenvalue weighted by atomic mass is 10.1. The van der Waals surface area contributed by atoms with E-state index in [1.807, 2.05) is 19.1 Å². The molecule has 2 rings (SSSR count). The van der Waals surface area contributed by atoms with Crippen LogP contribution >= 0.6 is 24.0 Å². The lowest BCUT2D eigenvalue weighted by Crippen LogP contribution is -2.22. The molecule has 106 valence electrons. The topological polar surface area (TPSA) is 82.9 Å². The maximum atomic E-state index is 5.72. The van der Waals surface area contributed by atoms with Crippen molar-refractivity contribution in [3.8, 4) is 11.5 Å². The van der Waals surface area contributed by atoms with E-state index in [-0.39, 0.29) is 36.0 Å². The minimum atomic E-state index is 0. The molecule has 1 heterocycles. The molecule has 1 atom stereocenters. The van der Waals surface area contributed by atoms with E-state index < -0.39 is 0 Å². The van der Waals surface area contributed by atoms with E-state index in [1.54, 1.807) is 0 Å². The highest BCUT2D eigenvalue weighted by atomic mass is 127. The van der Waals surface area contributed by atoms with E-state index in [0.29, 0.717) is 13.2 Å². The Hall–Kier alpha value is -1.18. The van der Waals surface area contributed by atoms with E-state index in [1.165, 1.54) is 5.56 Å². The van der Waals surface area contributed by atoms with E-state index in [2.05, 4.69) is 11.9 Å². The zero-order chi connectivity index (χ0) is 13.1. The summed E-state index contributed by atoms with van der Waals surface area (Å²) in [7, 11) is 0. The molecular formula is C13H20IN3O2. The van der Waals surface area contributed by atoms with Crippen molar-refractivity contribution in [3.05, 3.63) is 23.3 Å². The van der Waals surface area contributed by atoms with E-state index in [4.69, 9.17) is 20.9 Å². The van der Waals surface area contributed by atoms with Crippen molar-refractivity contribution in [1.29, 1.82) is 0 Å². The van der Waals surface area contributed by atoms with E-state index in [9.17, 15) is 0 Å². The summed E-state index contributed by atoms with van der Waals surface area (Å²) in [5, 5.41) is 0. The molecule has 0 aromatic heterocycles. The second-order valence-corrected chi connectivity index (χ2v) is 4.37. The third-order valence-electron chi connectivity index (χ3n) is 2.81. The summed E-state index contributed by atoms with van der Waals surface area (Å²) in [6.07, 6.45) is 1.13. The Morgan fingerprint density at radius 2 is 2.21 bits per heavy atom. The molecule has 0 bridgehead atoms. The summed E-state index contributed by atoms with van der Waals surface area (Å²) in [6.45, 7) is 5.03. The van der Waals surface area contributed by atoms with Crippen molar-refractivity contribution in [2.75, 3.05) is 6.61 Å². The van der Waals surface area contributed by atoms with Gasteiger partial charge in [-0.3, -0.25) is 0 Å². The molecule has 0 spiro atoms. The minimum Gasteiger partial charge on any atom is -0.494 e. The second-order valence-electron chi connectivity index (χ2n) is 4.37. The van der Waals surface area contributed by atoms with Gasteiger partial charge in [-0.25, -0.2) is 4.99 Å². The number of nitrogens with two attached hydrogens (primary N) is 2. The molecule has 1 aliphatic heterocycles. The van der Waals surface area contributed by atoms with Crippen LogP contribution in [-0.4, -0.2) is 18.7 Å². The molecule has 0 amide bonds. The molecule has 0 aliphatic carbocycles. The van der Waals surface area contributed by atoms with Crippen molar-refractivity contribution in [2.24, 2.45) is 16.5 Å². The van der Waals surface area contributed by atoms with Gasteiger partial charge < -0.3 is 20.9 Å². The highest BCUT2D eigenvalue weighted by molar-refractivity contribution is 14.0. The van der Waals surface area contributed by atoms with Crippen LogP contribution in [-0.2, 0) is 13.0 Å². The van der Waals surface area contributed by atoms with Gasteiger partial charge in [0, 0.05) is 17.5 Å². The Morgan fingerprint density at radius 1 is 1.47 bits per heavy atom. The van der Waals surface area contributed by atoms with Crippen LogP contribution in [0.2, 0.25) is 0 Å². The number of ether oxygens (including phenoxy) is 2. The monoisotopic (exact) mass is 377 g/mol. The highest BCUT2D eigenvalue weighted by Crippen LogP contribution is 2.35. The van der Waals surface area contributed by atoms with Crippen molar-refractivity contribution < 1.29 is 9.47 Å². The molecule has 1 aromatic carbocycles. The summed E-state index contributed by atoms with van der Waals surface area (Å²) < 4.78 is 11.3. The fourth-order valence-corrected chi connectivity index (χ4v) is 2.07. The standard InChI is InChI=1S/C13H19N3O2.HI/c1-3-17-11-5-9-4-8(2)18-12(9)6-10(11)7-16-13(14)15;/h5-6,8H,3-4,7H2,1-2H3,(H4,14,15,16);1H. The number of guanidine groups is 1. The first-order chi connectivity index (χ1) is 8.60. The van der Waals surface area contributed by atoms with E-state index in [0.717, 1.165) is 23.5 Å². The summed E-state index contributed by atoms with van der Waals surface area (Å²) in [5.74, 6) is 1.82. The summed E-state index contributed by atoms with van der Waals surface area (Å²) in [6, 6.07) is 4.00. The van der Waals surface area contributed by atoms with Gasteiger partial charge in [-0.1, -0.05) is 0 Å². The first-order valence-electron chi connectivity index (χ1n) is 6.10. The Balaban J connectivity index is 0.00000180. The van der Waals surface area contributed by atoms with Gasteiger partial charge in [0.25, 0.3) is 0 Å². The predicted molar refractivity (Wildman–Crippen MR) is 86.3 cm³/mol. The lowest BCUT2D eigenvalue weighted by Gasteiger charge is -2.11. The third-order valence-corrected chi connectivity index (χ3v) is 2.81. The number of hydrogen-bond acceptors (Lipinski definition) is 3. The maximum Gasteiger partial charge on any atom is 0.186 e. The largest absolute Gasteiger partial charge is 0.494 e. The lowest BCUT2D eigenvalue weighted by molar-refractivity contribution is 0.254. The predicted octanol–water partition coefficient (Wildman–Crippen LogP) is 1.80. The summed E-state index contributed by atoms with van der Waals surface area (Å²) >= 11 is 0. The number of hydrogen-bond donors (Lipinski definition) is 2. The molecule has 0 saturated carbocycles. The second kappa shape index (κ2) is 6.83. The van der Waals surface area contributed by atoms with Crippen molar-refractivity contribution in [2.45, 2.75) is 32.9 Å². The molecule has 0 fully saturated rings. The fourth-order valence-electron chi connectivity index (χ4n) is 2.07. The fraction of sp³-hybridized carbons (Fsp3) is 0.462. The van der Waals surface area contributed by atoms with Gasteiger partial charge in [0.2, 0.25) is 0 Å². The van der Waals surface area contributed by atoms with Gasteiger partial charge in [-0.15, -0.1) is 24.0 Å². The number of aliphatic imine (C=N–C) groups is 1. The number of fused-ring (bicyclic) bond motifs is 1. The molecular weight excluding hydrogens is 357 g/mol. The van der Waals surface area contributed by atoms with Gasteiger partial charge in [0.1, 0.15) is 17.6 Å². The highest BCUT2D eigenvalue weighted by Gasteiger charge is 2.21. The van der Waals surface area contributed by atoms with Gasteiger partial charge in [-0.2, -0.15) is 0 Å². The van der Waals surface area contributed by atoms with E-state index >= 15 is 0 Å². The van der Waals surface area contributed by atoms with Gasteiger partial charge in [0.15, 0.2) is 5.96 Å². The first-order valence-corrected chi connectivity index (χ1v) is 6.10. The molecule has 0 radical (unpaired) electrons. The first kappa shape index (κ1) is 15.9. The average Bonchev–Trinajstić information content (AvgIpc) is 2.65. The third kappa shape index (κ3) is 3.89. The smallest absolute Gasteiger partial charge is 0.186 e. The van der Waals surface area contributed by atoms with Crippen molar-refractivity contribution >= 4 is 29.9 Å². The summed E-state index contributed by atoms with van der Waals surface area (Å²) in [4.78, 5) is 4.02. The van der Waals surface area contributed by atoms with Crippen LogP contribution in [0.5, 0.6) is 11.5 Å². The number of halogens is 1. The minimum absolute atomic E-state index is 0. The van der Waals surface area contributed by atoms with Gasteiger partial charge >= 0.3 is 0 Å². The van der Waals surface area contributed by atoms with Gasteiger partial charge in [-0.05, 0) is 26.0 Å². The SMILES string of the molecule is CCOc1cc2c(cc1CN=C(N)N)OC(C)C2.I. The molecule has 6 heteroatoms. The van der Waals surface area contributed by atoms with Crippen molar-refractivity contribution in [3.63, 3.8) is 0 Å². The van der Waals surface area contributed by atoms with Crippen LogP contribution in [0.1, 0.15) is 25.0 Å². The average molecular weight is 377 g/mol. The molecule has 1 unspecified atom stereocenters. The quantitative estimate of drug-likeness (QED) is 0.476. The van der Waals surface area contributed by atoms with Crippen LogP contribution in [0.3, 0.4) is 0 Å². The molecule has 4 N–H and O–H groups in total. The van der Waals surface area contributed by atoms with Crippen LogP contribution < -0.4 is 20.9 Å². The van der Waals surface area contributed by atoms with Crippen LogP contribution in [0.25, 0.3) is 0 Å². The molecule has 1 aliphatic rings. The Labute approximate surface area is 130 Å². The van der Waals surface area contributed by atoms with Crippen LogP contribution in [0, 0.1) is 0 Å². The number of benzene rings is 1. The van der Waals surface area contributed by atoms with Crippen molar-refractivity contribution in [1.82, 2.24) is 0 Å². The van der Waals surface area contributed by atoms with Crippen LogP contribution in [0.4, 0.5) is 0 Å². The van der Waals surface area contributed by atoms with Crippen LogP contribution in [0.15, 0.2) is 17.1 Å². The van der Waals surface area contributed by atoms with Gasteiger partial charge in [0.05, 0.1) is 13.2 Å². The Kier molecular flexibility index (Phi) is 5.71. The zero-order valence-electron chi connectivity index (χ0n) is 11.2. The number of nitrogens with zero attached hydrogens (tertiary/aromatic N) is 1. The molecule has 0 saturated heterocycles. The molecule has 19 heavy (non-hydrogen) atoms. The molecule has 5 nitrogen and oxygen atoms in total. The normalized spacial score (nSPS) is 16.0. The Morgan fingerprint density at radius 3 is 2.84 bits per heavy atom. The maximum absolute atomic E-state index is 5.72. The molecule has 1 aromatic rings. The Bertz CT molecular complexity index is 473.